The number of hydrogen-bond donors (Lipinski definition) is 2. The molecule has 0 spiro atoms. The lowest BCUT2D eigenvalue weighted by Gasteiger charge is -2.19. The second kappa shape index (κ2) is 18.5. The van der Waals surface area contributed by atoms with Crippen molar-refractivity contribution in [3.8, 4) is 5.69 Å². The molecule has 0 aliphatic carbocycles. The first-order valence-corrected chi connectivity index (χ1v) is 15.6. The van der Waals surface area contributed by atoms with E-state index >= 15 is 0 Å². The number of H-pyrrole nitrogens is 1. The Morgan fingerprint density at radius 1 is 0.884 bits per heavy atom. The Kier molecular flexibility index (Phi) is 14.4. The number of aromatic nitrogens is 2. The Hall–Kier alpha value is -4.07. The van der Waals surface area contributed by atoms with Gasteiger partial charge in [0.2, 0.25) is 11.9 Å². The van der Waals surface area contributed by atoms with E-state index in [0.29, 0.717) is 12.1 Å². The van der Waals surface area contributed by atoms with Gasteiger partial charge in [0.05, 0.1) is 0 Å². The highest BCUT2D eigenvalue weighted by Crippen LogP contribution is 2.25. The molecular weight excluding hydrogens is 545 g/mol. The molecule has 0 aliphatic rings. The number of amides is 1. The number of rotatable bonds is 19. The second-order valence-electron chi connectivity index (χ2n) is 11.0. The van der Waals surface area contributed by atoms with Crippen LogP contribution in [0.2, 0.25) is 0 Å². The number of carbonyl (C=O) groups is 2. The number of anilines is 1. The summed E-state index contributed by atoms with van der Waals surface area (Å²) in [4.78, 5) is 38.9. The minimum absolute atomic E-state index is 0.0739. The highest BCUT2D eigenvalue weighted by molar-refractivity contribution is 6.05. The Morgan fingerprint density at radius 3 is 2.12 bits per heavy atom. The average Bonchev–Trinajstić information content (AvgIpc) is 3.00. The van der Waals surface area contributed by atoms with Crippen molar-refractivity contribution in [1.29, 1.82) is 0 Å². The van der Waals surface area contributed by atoms with Gasteiger partial charge in [-0.05, 0) is 56.4 Å². The van der Waals surface area contributed by atoms with Gasteiger partial charge < -0.3 is 15.2 Å². The van der Waals surface area contributed by atoms with Gasteiger partial charge in [-0.1, -0.05) is 93.3 Å². The van der Waals surface area contributed by atoms with E-state index in [4.69, 9.17) is 0 Å². The first kappa shape index (κ1) is 33.4. The molecule has 1 amide bonds. The van der Waals surface area contributed by atoms with Crippen molar-refractivity contribution in [2.45, 2.75) is 96.3 Å². The molecule has 1 heterocycles. The number of halogens is 1. The lowest BCUT2D eigenvalue weighted by Crippen LogP contribution is -2.45. The van der Waals surface area contributed by atoms with E-state index in [9.17, 15) is 23.9 Å². The molecule has 43 heavy (non-hydrogen) atoms. The smallest absolute Gasteiger partial charge is 0.311 e. The largest absolute Gasteiger partial charge is 0.549 e. The van der Waals surface area contributed by atoms with Crippen molar-refractivity contribution in [3.63, 3.8) is 0 Å². The van der Waals surface area contributed by atoms with Crippen LogP contribution in [0.4, 0.5) is 10.1 Å². The van der Waals surface area contributed by atoms with Crippen molar-refractivity contribution >= 4 is 17.6 Å². The highest BCUT2D eigenvalue weighted by Gasteiger charge is 2.28. The van der Waals surface area contributed by atoms with E-state index in [2.05, 4.69) is 29.5 Å². The predicted octanol–water partition coefficient (Wildman–Crippen LogP) is 6.52. The number of benzene rings is 2. The molecule has 2 N–H and O–H groups in total. The van der Waals surface area contributed by atoms with E-state index in [1.54, 1.807) is 24.3 Å². The third-order valence-corrected chi connectivity index (χ3v) is 7.53. The number of aromatic amines is 1. The number of para-hydroxylation sites is 1. The topological polar surface area (TPSA) is 106 Å². The highest BCUT2D eigenvalue weighted by atomic mass is 19.1. The summed E-state index contributed by atoms with van der Waals surface area (Å²) in [5, 5.41) is 17.6. The van der Waals surface area contributed by atoms with Crippen molar-refractivity contribution in [1.82, 2.24) is 5.10 Å². The van der Waals surface area contributed by atoms with Crippen LogP contribution in [0.25, 0.3) is 5.69 Å². The van der Waals surface area contributed by atoms with Gasteiger partial charge in [-0.25, -0.2) is 4.39 Å². The van der Waals surface area contributed by atoms with Gasteiger partial charge in [-0.2, -0.15) is 0 Å². The molecule has 8 heteroatoms. The van der Waals surface area contributed by atoms with Crippen LogP contribution in [0.3, 0.4) is 0 Å². The molecule has 0 fully saturated rings. The third kappa shape index (κ3) is 11.3. The molecule has 1 aromatic heterocycles. The molecule has 1 atom stereocenters. The van der Waals surface area contributed by atoms with Crippen LogP contribution < -0.4 is 20.7 Å². The summed E-state index contributed by atoms with van der Waals surface area (Å²) < 4.78 is 14.8. The van der Waals surface area contributed by atoms with Gasteiger partial charge in [0, 0.05) is 35.3 Å². The van der Waals surface area contributed by atoms with E-state index < -0.39 is 29.2 Å². The summed E-state index contributed by atoms with van der Waals surface area (Å²) in [6.07, 6.45) is 19.5. The van der Waals surface area contributed by atoms with Crippen LogP contribution in [0, 0.1) is 5.82 Å². The van der Waals surface area contributed by atoms with E-state index in [1.165, 1.54) is 73.7 Å². The number of nitrogens with zero attached hydrogens (tertiary/aromatic N) is 1. The molecule has 3 aromatic rings. The fourth-order valence-electron chi connectivity index (χ4n) is 5.13. The predicted molar refractivity (Wildman–Crippen MR) is 166 cm³/mol. The minimum Gasteiger partial charge on any atom is -0.549 e. The molecule has 0 aliphatic heterocycles. The Morgan fingerprint density at radius 2 is 1.49 bits per heavy atom. The van der Waals surface area contributed by atoms with Crippen LogP contribution in [-0.2, 0) is 4.79 Å². The maximum absolute atomic E-state index is 13.4. The molecule has 7 nitrogen and oxygen atoms in total. The Balaban J connectivity index is 1.64. The van der Waals surface area contributed by atoms with E-state index in [-0.39, 0.29) is 23.2 Å². The summed E-state index contributed by atoms with van der Waals surface area (Å²) in [6.45, 7) is 2.23. The number of carboxylic acid groups (broad SMARTS) is 1. The summed E-state index contributed by atoms with van der Waals surface area (Å²) >= 11 is 0. The van der Waals surface area contributed by atoms with Crippen LogP contribution in [0.5, 0.6) is 0 Å². The fraction of sp³-hybridized carbons (Fsp3) is 0.429. The van der Waals surface area contributed by atoms with Crippen LogP contribution >= 0.6 is 0 Å². The SMILES string of the molecule is CCCCCCCC/C=C\CCCCCCC(C(=O)[O-])c1c[n+](-c2ccccc2)[nH]c(=O)c1C(=O)Nc1ccc(F)cc1. The van der Waals surface area contributed by atoms with Crippen molar-refractivity contribution in [2.75, 3.05) is 5.32 Å². The third-order valence-electron chi connectivity index (χ3n) is 7.53. The standard InChI is InChI=1S/C35H44FN3O4/c1-2-3-4-5-6-7-8-9-10-11-12-13-14-18-21-30(35(42)43)31-26-39(29-19-16-15-17-20-29)38-34(41)32(31)33(40)37-28-24-22-27(36)23-25-28/h9-10,15-17,19-20,22-26,30H,2-8,11-14,18,21H2,1H3,(H2-,37,38,40,41,42,43)/b10-9-. The van der Waals surface area contributed by atoms with Crippen LogP contribution in [0.15, 0.2) is 77.7 Å². The molecule has 0 radical (unpaired) electrons. The lowest BCUT2D eigenvalue weighted by atomic mass is 9.90. The summed E-state index contributed by atoms with van der Waals surface area (Å²) in [7, 11) is 0. The quantitative estimate of drug-likeness (QED) is 0.0943. The zero-order chi connectivity index (χ0) is 30.9. The van der Waals surface area contributed by atoms with Gasteiger partial charge in [0.25, 0.3) is 5.91 Å². The molecular formula is C35H44FN3O4. The number of aliphatic carboxylic acids is 1. The van der Waals surface area contributed by atoms with Gasteiger partial charge in [-0.3, -0.25) is 9.59 Å². The van der Waals surface area contributed by atoms with Crippen LogP contribution in [-0.4, -0.2) is 17.0 Å². The number of hydrogen-bond acceptors (Lipinski definition) is 4. The summed E-state index contributed by atoms with van der Waals surface area (Å²) in [5.74, 6) is -3.76. The van der Waals surface area contributed by atoms with Gasteiger partial charge in [0.1, 0.15) is 11.4 Å². The van der Waals surface area contributed by atoms with Gasteiger partial charge >= 0.3 is 5.56 Å². The second-order valence-corrected chi connectivity index (χ2v) is 11.0. The van der Waals surface area contributed by atoms with Gasteiger partial charge in [-0.15, -0.1) is 5.10 Å². The van der Waals surface area contributed by atoms with E-state index in [0.717, 1.165) is 32.1 Å². The molecule has 1 unspecified atom stereocenters. The number of unbranched alkanes of at least 4 members (excludes halogenated alkanes) is 10. The number of carboxylic acids is 1. The molecule has 0 bridgehead atoms. The fourth-order valence-corrected chi connectivity index (χ4v) is 5.13. The summed E-state index contributed by atoms with van der Waals surface area (Å²) in [6, 6.07) is 14.0. The monoisotopic (exact) mass is 589 g/mol. The van der Waals surface area contributed by atoms with Crippen LogP contribution in [0.1, 0.15) is 112 Å². The minimum atomic E-state index is -1.35. The molecule has 2 aromatic carbocycles. The van der Waals surface area contributed by atoms with Gasteiger partial charge in [0.15, 0.2) is 0 Å². The Labute approximate surface area is 253 Å². The number of carbonyl (C=O) groups excluding carboxylic acids is 2. The zero-order valence-corrected chi connectivity index (χ0v) is 25.2. The maximum atomic E-state index is 13.4. The molecule has 3 rings (SSSR count). The van der Waals surface area contributed by atoms with Crippen molar-refractivity contribution < 1.29 is 23.8 Å². The first-order chi connectivity index (χ1) is 20.9. The van der Waals surface area contributed by atoms with E-state index in [1.807, 2.05) is 6.07 Å². The maximum Gasteiger partial charge on any atom is 0.311 e. The summed E-state index contributed by atoms with van der Waals surface area (Å²) in [5.41, 5.74) is -0.0819. The number of allylic oxidation sites excluding steroid dienone is 2. The van der Waals surface area contributed by atoms with Crippen molar-refractivity contribution in [3.05, 3.63) is 100 Å². The van der Waals surface area contributed by atoms with Crippen molar-refractivity contribution in [2.24, 2.45) is 0 Å². The first-order valence-electron chi connectivity index (χ1n) is 15.6. The normalized spacial score (nSPS) is 12.0. The Bertz CT molecular complexity index is 1370. The lowest BCUT2D eigenvalue weighted by molar-refractivity contribution is -0.661. The molecule has 0 saturated carbocycles. The average molecular weight is 590 g/mol. The molecule has 0 saturated heterocycles. The zero-order valence-electron chi connectivity index (χ0n) is 25.2. The number of nitrogens with one attached hydrogen (secondary N) is 2. The molecule has 230 valence electrons.